The number of guanidine groups is 1. The molecule has 6 heteroatoms. The molecule has 0 bridgehead atoms. The number of hydrogen-bond donors (Lipinski definition) is 2. The summed E-state index contributed by atoms with van der Waals surface area (Å²) in [5, 5.41) is 11.1. The van der Waals surface area contributed by atoms with Crippen molar-refractivity contribution in [2.45, 2.75) is 47.1 Å². The van der Waals surface area contributed by atoms with Gasteiger partial charge in [-0.3, -0.25) is 4.99 Å². The van der Waals surface area contributed by atoms with Gasteiger partial charge in [0.05, 0.1) is 5.69 Å². The summed E-state index contributed by atoms with van der Waals surface area (Å²) in [6.07, 6.45) is 4.25. The smallest absolute Gasteiger partial charge is 0.191 e. The molecule has 0 spiro atoms. The van der Waals surface area contributed by atoms with Gasteiger partial charge in [0.25, 0.3) is 0 Å². The van der Waals surface area contributed by atoms with Gasteiger partial charge in [0.1, 0.15) is 0 Å². The molecule has 2 heterocycles. The molecule has 0 aliphatic heterocycles. The molecule has 0 saturated carbocycles. The van der Waals surface area contributed by atoms with Crippen molar-refractivity contribution in [2.24, 2.45) is 10.9 Å². The minimum absolute atomic E-state index is 0.689. The Labute approximate surface area is 150 Å². The van der Waals surface area contributed by atoms with Crippen LogP contribution in [0.4, 0.5) is 0 Å². The highest BCUT2D eigenvalue weighted by atomic mass is 15.3. The first-order valence-corrected chi connectivity index (χ1v) is 8.92. The van der Waals surface area contributed by atoms with Gasteiger partial charge in [-0.05, 0) is 50.3 Å². The maximum Gasteiger partial charge on any atom is 0.191 e. The fourth-order valence-electron chi connectivity index (χ4n) is 2.63. The topological polar surface area (TPSA) is 67.1 Å². The molecule has 2 aromatic heterocycles. The highest BCUT2D eigenvalue weighted by Gasteiger charge is 2.05. The number of nitrogens with zero attached hydrogens (tertiary/aromatic N) is 4. The van der Waals surface area contributed by atoms with Crippen LogP contribution in [0.15, 0.2) is 29.4 Å². The lowest BCUT2D eigenvalue weighted by molar-refractivity contribution is 0.549. The number of pyridine rings is 1. The second-order valence-corrected chi connectivity index (χ2v) is 6.75. The van der Waals surface area contributed by atoms with E-state index in [-0.39, 0.29) is 0 Å². The molecule has 0 radical (unpaired) electrons. The van der Waals surface area contributed by atoms with Gasteiger partial charge in [0.15, 0.2) is 11.8 Å². The summed E-state index contributed by atoms with van der Waals surface area (Å²) >= 11 is 0. The van der Waals surface area contributed by atoms with E-state index in [4.69, 9.17) is 0 Å². The molecule has 2 rings (SSSR count). The van der Waals surface area contributed by atoms with Crippen LogP contribution in [0.2, 0.25) is 0 Å². The second kappa shape index (κ2) is 9.20. The summed E-state index contributed by atoms with van der Waals surface area (Å²) in [6.45, 7) is 10.1. The van der Waals surface area contributed by atoms with Gasteiger partial charge >= 0.3 is 0 Å². The van der Waals surface area contributed by atoms with E-state index in [1.54, 1.807) is 7.05 Å². The molecule has 0 amide bonds. The Bertz CT molecular complexity index is 684. The van der Waals surface area contributed by atoms with E-state index in [2.05, 4.69) is 45.6 Å². The van der Waals surface area contributed by atoms with Crippen molar-refractivity contribution < 1.29 is 0 Å². The second-order valence-electron chi connectivity index (χ2n) is 6.75. The SMILES string of the molecule is CN=C(NCCCC(C)C)NCc1ccc(-n2nc(C)cc2C)nc1. The molecule has 25 heavy (non-hydrogen) atoms. The summed E-state index contributed by atoms with van der Waals surface area (Å²) in [7, 11) is 1.79. The van der Waals surface area contributed by atoms with E-state index in [0.29, 0.717) is 6.54 Å². The Kier molecular flexibility index (Phi) is 6.98. The van der Waals surface area contributed by atoms with Crippen molar-refractivity contribution in [3.8, 4) is 5.82 Å². The van der Waals surface area contributed by atoms with Crippen LogP contribution in [0.1, 0.15) is 43.6 Å². The summed E-state index contributed by atoms with van der Waals surface area (Å²) in [4.78, 5) is 8.78. The zero-order chi connectivity index (χ0) is 18.2. The quantitative estimate of drug-likeness (QED) is 0.461. The monoisotopic (exact) mass is 342 g/mol. The number of nitrogens with one attached hydrogen (secondary N) is 2. The Hall–Kier alpha value is -2.37. The average molecular weight is 342 g/mol. The Morgan fingerprint density at radius 2 is 2.04 bits per heavy atom. The van der Waals surface area contributed by atoms with Crippen LogP contribution in [0, 0.1) is 19.8 Å². The number of hydrogen-bond acceptors (Lipinski definition) is 3. The van der Waals surface area contributed by atoms with E-state index >= 15 is 0 Å². The summed E-state index contributed by atoms with van der Waals surface area (Å²) in [5.41, 5.74) is 3.19. The van der Waals surface area contributed by atoms with E-state index < -0.39 is 0 Å². The number of aliphatic imine (C=N–C) groups is 1. The van der Waals surface area contributed by atoms with Gasteiger partial charge in [-0.1, -0.05) is 19.9 Å². The van der Waals surface area contributed by atoms with Gasteiger partial charge in [-0.25, -0.2) is 9.67 Å². The minimum Gasteiger partial charge on any atom is -0.356 e. The lowest BCUT2D eigenvalue weighted by Gasteiger charge is -2.12. The van der Waals surface area contributed by atoms with E-state index in [1.807, 2.05) is 36.9 Å². The van der Waals surface area contributed by atoms with Gasteiger partial charge in [0, 0.05) is 32.0 Å². The zero-order valence-electron chi connectivity index (χ0n) is 16.0. The van der Waals surface area contributed by atoms with Crippen LogP contribution >= 0.6 is 0 Å². The molecule has 2 aromatic rings. The summed E-state index contributed by atoms with van der Waals surface area (Å²) in [6, 6.07) is 6.11. The predicted molar refractivity (Wildman–Crippen MR) is 103 cm³/mol. The van der Waals surface area contributed by atoms with Crippen molar-refractivity contribution in [3.05, 3.63) is 41.3 Å². The third kappa shape index (κ3) is 5.89. The molecule has 0 aliphatic carbocycles. The highest BCUT2D eigenvalue weighted by molar-refractivity contribution is 5.79. The average Bonchev–Trinajstić information content (AvgIpc) is 2.93. The molecule has 0 atom stereocenters. The number of aromatic nitrogens is 3. The third-order valence-electron chi connectivity index (χ3n) is 3.97. The van der Waals surface area contributed by atoms with Crippen LogP contribution in [-0.2, 0) is 6.54 Å². The molecular formula is C19H30N6. The predicted octanol–water partition coefficient (Wildman–Crippen LogP) is 2.99. The van der Waals surface area contributed by atoms with E-state index in [0.717, 1.165) is 47.6 Å². The molecular weight excluding hydrogens is 312 g/mol. The highest BCUT2D eigenvalue weighted by Crippen LogP contribution is 2.10. The maximum atomic E-state index is 4.52. The summed E-state index contributed by atoms with van der Waals surface area (Å²) < 4.78 is 1.86. The number of aryl methyl sites for hydroxylation is 2. The van der Waals surface area contributed by atoms with Gasteiger partial charge in [0.2, 0.25) is 0 Å². The first-order valence-electron chi connectivity index (χ1n) is 8.92. The molecule has 6 nitrogen and oxygen atoms in total. The minimum atomic E-state index is 0.689. The molecule has 0 unspecified atom stereocenters. The van der Waals surface area contributed by atoms with Crippen molar-refractivity contribution in [1.29, 1.82) is 0 Å². The van der Waals surface area contributed by atoms with Crippen LogP contribution in [0.3, 0.4) is 0 Å². The standard InChI is InChI=1S/C19H30N6/c1-14(2)7-6-10-21-19(20-5)23-13-17-8-9-18(22-12-17)25-16(4)11-15(3)24-25/h8-9,11-12,14H,6-7,10,13H2,1-5H3,(H2,20,21,23). The third-order valence-corrected chi connectivity index (χ3v) is 3.97. The molecule has 0 aliphatic rings. The Morgan fingerprint density at radius 1 is 1.24 bits per heavy atom. The Morgan fingerprint density at radius 3 is 2.60 bits per heavy atom. The molecule has 136 valence electrons. The van der Waals surface area contributed by atoms with Gasteiger partial charge < -0.3 is 10.6 Å². The van der Waals surface area contributed by atoms with Gasteiger partial charge in [-0.2, -0.15) is 5.10 Å². The van der Waals surface area contributed by atoms with Crippen molar-refractivity contribution in [1.82, 2.24) is 25.4 Å². The van der Waals surface area contributed by atoms with E-state index in [1.165, 1.54) is 6.42 Å². The molecule has 2 N–H and O–H groups in total. The number of rotatable bonds is 7. The first-order chi connectivity index (χ1) is 12.0. The van der Waals surface area contributed by atoms with Crippen molar-refractivity contribution in [3.63, 3.8) is 0 Å². The van der Waals surface area contributed by atoms with Crippen LogP contribution in [0.25, 0.3) is 5.82 Å². The van der Waals surface area contributed by atoms with Crippen LogP contribution < -0.4 is 10.6 Å². The summed E-state index contributed by atoms with van der Waals surface area (Å²) in [5.74, 6) is 2.40. The maximum absolute atomic E-state index is 4.52. The molecule has 0 aromatic carbocycles. The lowest BCUT2D eigenvalue weighted by atomic mass is 10.1. The molecule has 0 saturated heterocycles. The van der Waals surface area contributed by atoms with Crippen LogP contribution in [0.5, 0.6) is 0 Å². The van der Waals surface area contributed by atoms with Crippen molar-refractivity contribution in [2.75, 3.05) is 13.6 Å². The normalized spacial score (nSPS) is 11.8. The zero-order valence-corrected chi connectivity index (χ0v) is 16.0. The lowest BCUT2D eigenvalue weighted by Crippen LogP contribution is -2.37. The Balaban J connectivity index is 1.85. The fourth-order valence-corrected chi connectivity index (χ4v) is 2.63. The largest absolute Gasteiger partial charge is 0.356 e. The van der Waals surface area contributed by atoms with Crippen LogP contribution in [-0.4, -0.2) is 34.3 Å². The first kappa shape index (κ1) is 19.0. The van der Waals surface area contributed by atoms with E-state index in [9.17, 15) is 0 Å². The van der Waals surface area contributed by atoms with Crippen molar-refractivity contribution >= 4 is 5.96 Å². The fraction of sp³-hybridized carbons (Fsp3) is 0.526. The molecule has 0 fully saturated rings. The van der Waals surface area contributed by atoms with Gasteiger partial charge in [-0.15, -0.1) is 0 Å².